The largest absolute Gasteiger partial charge is 0.300 e. The Bertz CT molecular complexity index is 1170. The maximum atomic E-state index is 12.5. The first-order valence-corrected chi connectivity index (χ1v) is 8.80. The molecule has 0 spiro atoms. The van der Waals surface area contributed by atoms with Crippen LogP contribution in [0.1, 0.15) is 5.69 Å². The molecular formula is C16H12N6O3S. The minimum absolute atomic E-state index is 0.0382. The number of para-hydroxylation sites is 1. The fourth-order valence-electron chi connectivity index (χ4n) is 2.17. The first kappa shape index (κ1) is 17.3. The van der Waals surface area contributed by atoms with Crippen LogP contribution in [0.4, 0.5) is 11.4 Å². The van der Waals surface area contributed by atoms with E-state index >= 15 is 0 Å². The number of nitriles is 1. The summed E-state index contributed by atoms with van der Waals surface area (Å²) in [6.07, 6.45) is 0. The summed E-state index contributed by atoms with van der Waals surface area (Å²) in [7, 11) is -3.81. The van der Waals surface area contributed by atoms with Crippen molar-refractivity contribution in [3.8, 4) is 11.8 Å². The maximum absolute atomic E-state index is 12.5. The van der Waals surface area contributed by atoms with E-state index in [9.17, 15) is 18.5 Å². The number of benzene rings is 2. The Hall–Kier alpha value is -3.55. The third-order valence-electron chi connectivity index (χ3n) is 3.42. The molecule has 0 saturated heterocycles. The maximum Gasteiger partial charge on any atom is 0.300 e. The van der Waals surface area contributed by atoms with Crippen molar-refractivity contribution in [1.29, 1.82) is 5.26 Å². The smallest absolute Gasteiger partial charge is 0.279 e. The quantitative estimate of drug-likeness (QED) is 0.679. The number of hydrogen-bond acceptors (Lipinski definition) is 6. The summed E-state index contributed by atoms with van der Waals surface area (Å²) < 4.78 is 23.6. The van der Waals surface area contributed by atoms with Gasteiger partial charge in [0.25, 0.3) is 5.56 Å². The lowest BCUT2D eigenvalue weighted by Crippen LogP contribution is -2.13. The minimum Gasteiger partial charge on any atom is -0.279 e. The van der Waals surface area contributed by atoms with Crippen LogP contribution in [0.3, 0.4) is 0 Å². The molecule has 0 unspecified atom stereocenters. The molecule has 0 saturated carbocycles. The molecule has 0 aliphatic heterocycles. The second-order valence-corrected chi connectivity index (χ2v) is 6.72. The van der Waals surface area contributed by atoms with E-state index in [2.05, 4.69) is 15.3 Å². The predicted molar refractivity (Wildman–Crippen MR) is 93.1 cm³/mol. The Labute approximate surface area is 148 Å². The summed E-state index contributed by atoms with van der Waals surface area (Å²) in [5.41, 5.74) is 0.134. The number of H-pyrrole nitrogens is 1. The number of rotatable bonds is 4. The summed E-state index contributed by atoms with van der Waals surface area (Å²) in [6, 6.07) is 15.9. The van der Waals surface area contributed by atoms with E-state index < -0.39 is 15.6 Å². The van der Waals surface area contributed by atoms with Gasteiger partial charge in [0.1, 0.15) is 6.07 Å². The van der Waals surface area contributed by atoms with E-state index in [4.69, 9.17) is 5.14 Å². The molecule has 2 aromatic carbocycles. The van der Waals surface area contributed by atoms with Gasteiger partial charge in [-0.25, -0.2) is 18.2 Å². The molecule has 0 amide bonds. The monoisotopic (exact) mass is 368 g/mol. The highest BCUT2D eigenvalue weighted by atomic mass is 32.2. The van der Waals surface area contributed by atoms with Gasteiger partial charge < -0.3 is 0 Å². The van der Waals surface area contributed by atoms with Gasteiger partial charge in [-0.3, -0.25) is 9.89 Å². The number of sulfonamides is 1. The van der Waals surface area contributed by atoms with Crippen molar-refractivity contribution < 1.29 is 8.42 Å². The molecule has 10 heteroatoms. The Kier molecular flexibility index (Phi) is 4.49. The highest BCUT2D eigenvalue weighted by molar-refractivity contribution is 7.89. The van der Waals surface area contributed by atoms with E-state index in [1.807, 2.05) is 6.07 Å². The van der Waals surface area contributed by atoms with Crippen LogP contribution in [-0.2, 0) is 10.0 Å². The van der Waals surface area contributed by atoms with Gasteiger partial charge in [0.2, 0.25) is 10.0 Å². The highest BCUT2D eigenvalue weighted by Crippen LogP contribution is 2.20. The Morgan fingerprint density at radius 3 is 2.27 bits per heavy atom. The lowest BCUT2D eigenvalue weighted by Gasteiger charge is -1.98. The number of nitrogens with two attached hydrogens (primary N) is 1. The van der Waals surface area contributed by atoms with E-state index in [0.29, 0.717) is 11.4 Å². The number of primary sulfonamides is 1. The summed E-state index contributed by atoms with van der Waals surface area (Å²) in [5.74, 6) is 0. The molecule has 0 atom stereocenters. The SMILES string of the molecule is N#Cc1[nH]n(-c2ccccc2)c(=O)c1N=Nc1ccc(S(N)(=O)=O)cc1. The lowest BCUT2D eigenvalue weighted by atomic mass is 10.3. The molecule has 1 aromatic heterocycles. The van der Waals surface area contributed by atoms with Crippen LogP contribution in [-0.4, -0.2) is 18.2 Å². The molecule has 130 valence electrons. The van der Waals surface area contributed by atoms with Gasteiger partial charge in [0.05, 0.1) is 16.3 Å². The molecule has 0 radical (unpaired) electrons. The van der Waals surface area contributed by atoms with E-state index in [0.717, 1.165) is 0 Å². The summed E-state index contributed by atoms with van der Waals surface area (Å²) in [4.78, 5) is 12.4. The number of aromatic amines is 1. The van der Waals surface area contributed by atoms with E-state index in [-0.39, 0.29) is 16.3 Å². The molecule has 0 bridgehead atoms. The Balaban J connectivity index is 1.98. The van der Waals surface area contributed by atoms with E-state index in [1.54, 1.807) is 30.3 Å². The van der Waals surface area contributed by atoms with Gasteiger partial charge in [-0.2, -0.15) is 10.4 Å². The molecule has 9 nitrogen and oxygen atoms in total. The topological polar surface area (TPSA) is 146 Å². The normalized spacial score (nSPS) is 11.5. The van der Waals surface area contributed by atoms with Crippen LogP contribution >= 0.6 is 0 Å². The Morgan fingerprint density at radius 1 is 1.04 bits per heavy atom. The first-order chi connectivity index (χ1) is 12.4. The predicted octanol–water partition coefficient (Wildman–Crippen LogP) is 2.10. The van der Waals surface area contributed by atoms with Crippen molar-refractivity contribution >= 4 is 21.4 Å². The third-order valence-corrected chi connectivity index (χ3v) is 4.35. The average Bonchev–Trinajstić information content (AvgIpc) is 2.96. The van der Waals surface area contributed by atoms with Gasteiger partial charge in [-0.05, 0) is 36.4 Å². The molecule has 1 heterocycles. The highest BCUT2D eigenvalue weighted by Gasteiger charge is 2.15. The number of nitrogens with zero attached hydrogens (tertiary/aromatic N) is 4. The van der Waals surface area contributed by atoms with Crippen LogP contribution in [0, 0.1) is 11.3 Å². The van der Waals surface area contributed by atoms with Crippen LogP contribution in [0.15, 0.2) is 74.5 Å². The first-order valence-electron chi connectivity index (χ1n) is 7.25. The zero-order chi connectivity index (χ0) is 18.7. The van der Waals surface area contributed by atoms with Crippen LogP contribution in [0.5, 0.6) is 0 Å². The number of hydrogen-bond donors (Lipinski definition) is 2. The van der Waals surface area contributed by atoms with Crippen molar-refractivity contribution in [3.63, 3.8) is 0 Å². The van der Waals surface area contributed by atoms with Crippen LogP contribution < -0.4 is 10.7 Å². The van der Waals surface area contributed by atoms with Gasteiger partial charge in [-0.1, -0.05) is 18.2 Å². The fourth-order valence-corrected chi connectivity index (χ4v) is 2.68. The lowest BCUT2D eigenvalue weighted by molar-refractivity contribution is 0.598. The van der Waals surface area contributed by atoms with Crippen molar-refractivity contribution in [3.05, 3.63) is 70.6 Å². The van der Waals surface area contributed by atoms with Crippen LogP contribution in [0.2, 0.25) is 0 Å². The number of azo groups is 1. The summed E-state index contributed by atoms with van der Waals surface area (Å²) >= 11 is 0. The van der Waals surface area contributed by atoms with E-state index in [1.165, 1.54) is 28.9 Å². The molecule has 3 N–H and O–H groups in total. The van der Waals surface area contributed by atoms with Gasteiger partial charge in [0, 0.05) is 0 Å². The van der Waals surface area contributed by atoms with Crippen molar-refractivity contribution in [2.75, 3.05) is 0 Å². The van der Waals surface area contributed by atoms with Crippen LogP contribution in [0.25, 0.3) is 5.69 Å². The number of nitrogens with one attached hydrogen (secondary N) is 1. The molecule has 3 rings (SSSR count). The molecule has 3 aromatic rings. The van der Waals surface area contributed by atoms with Crippen molar-refractivity contribution in [2.45, 2.75) is 4.90 Å². The van der Waals surface area contributed by atoms with Gasteiger partial charge in [0.15, 0.2) is 11.4 Å². The molecule has 26 heavy (non-hydrogen) atoms. The minimum atomic E-state index is -3.81. The van der Waals surface area contributed by atoms with Crippen molar-refractivity contribution in [2.24, 2.45) is 15.4 Å². The standard InChI is InChI=1S/C16H12N6O3S/c17-10-14-15(16(23)22(21-14)12-4-2-1-3-5-12)20-19-11-6-8-13(9-7-11)26(18,24)25/h1-9,21H,(H2,18,24,25). The zero-order valence-corrected chi connectivity index (χ0v) is 14.0. The fraction of sp³-hybridized carbons (Fsp3) is 0. The summed E-state index contributed by atoms with van der Waals surface area (Å²) in [6.45, 7) is 0. The average molecular weight is 368 g/mol. The van der Waals surface area contributed by atoms with Gasteiger partial charge >= 0.3 is 0 Å². The second kappa shape index (κ2) is 6.75. The third kappa shape index (κ3) is 3.44. The summed E-state index contributed by atoms with van der Waals surface area (Å²) in [5, 5.41) is 24.6. The molecule has 0 fully saturated rings. The second-order valence-electron chi connectivity index (χ2n) is 5.16. The molecule has 0 aliphatic rings. The molecular weight excluding hydrogens is 356 g/mol. The zero-order valence-electron chi connectivity index (χ0n) is 13.2. The van der Waals surface area contributed by atoms with Crippen molar-refractivity contribution in [1.82, 2.24) is 9.78 Å². The molecule has 0 aliphatic carbocycles. The Morgan fingerprint density at radius 2 is 1.69 bits per heavy atom. The van der Waals surface area contributed by atoms with Gasteiger partial charge in [-0.15, -0.1) is 5.11 Å². The number of aromatic nitrogens is 2.